The molecular weight excluding hydrogens is 204 g/mol. The molecule has 74 valence electrons. The Hall–Kier alpha value is -1.24. The summed E-state index contributed by atoms with van der Waals surface area (Å²) in [6, 6.07) is 3.43. The average Bonchev–Trinajstić information content (AvgIpc) is 2.69. The Kier molecular flexibility index (Phi) is 1.91. The van der Waals surface area contributed by atoms with Crippen LogP contribution in [-0.2, 0) is 4.79 Å². The lowest BCUT2D eigenvalue weighted by Gasteiger charge is -2.13. The maximum absolute atomic E-state index is 11.2. The highest BCUT2D eigenvalue weighted by Crippen LogP contribution is 2.24. The zero-order chi connectivity index (χ0) is 10.3. The second kappa shape index (κ2) is 2.88. The van der Waals surface area contributed by atoms with Crippen LogP contribution in [0.15, 0.2) is 22.6 Å². The van der Waals surface area contributed by atoms with Gasteiger partial charge in [0.25, 0.3) is 5.79 Å². The smallest absolute Gasteiger partial charge is 0.309 e. The molecule has 0 atom stereocenters. The minimum atomic E-state index is -2.49. The van der Waals surface area contributed by atoms with Crippen LogP contribution < -0.4 is 0 Å². The summed E-state index contributed by atoms with van der Waals surface area (Å²) >= 11 is 1.30. The number of aliphatic hydroxyl groups is 2. The first-order valence-electron chi connectivity index (χ1n) is 3.89. The fraction of sp³-hybridized carbons (Fsp3) is 0.250. The van der Waals surface area contributed by atoms with E-state index in [-0.39, 0.29) is 5.71 Å². The largest absolute Gasteiger partial charge is 0.353 e. The van der Waals surface area contributed by atoms with Crippen molar-refractivity contribution in [3.8, 4) is 0 Å². The van der Waals surface area contributed by atoms with E-state index < -0.39 is 11.7 Å². The molecule has 1 aliphatic heterocycles. The zero-order valence-electron chi connectivity index (χ0n) is 7.34. The van der Waals surface area contributed by atoms with Gasteiger partial charge in [0.1, 0.15) is 5.71 Å². The van der Waals surface area contributed by atoms with Gasteiger partial charge in [-0.3, -0.25) is 4.79 Å². The number of rotatable bonds is 1. The number of likely N-dealkylation sites (N-methyl/N-ethyl adjacent to an activating group) is 1. The van der Waals surface area contributed by atoms with Gasteiger partial charge in [-0.2, -0.15) is 5.10 Å². The number of carbonyl (C=O) groups excluding carboxylic acids is 1. The van der Waals surface area contributed by atoms with E-state index in [0.717, 1.165) is 5.01 Å². The van der Waals surface area contributed by atoms with Crippen LogP contribution in [0.1, 0.15) is 4.88 Å². The van der Waals surface area contributed by atoms with Crippen molar-refractivity contribution in [2.45, 2.75) is 5.79 Å². The Labute approximate surface area is 83.9 Å². The van der Waals surface area contributed by atoms with Gasteiger partial charge in [-0.15, -0.1) is 11.3 Å². The summed E-state index contributed by atoms with van der Waals surface area (Å²) in [5.74, 6) is -3.32. The predicted octanol–water partition coefficient (Wildman–Crippen LogP) is -0.395. The van der Waals surface area contributed by atoms with Crippen molar-refractivity contribution < 1.29 is 15.0 Å². The van der Waals surface area contributed by atoms with Crippen molar-refractivity contribution >= 4 is 23.0 Å². The van der Waals surface area contributed by atoms with Crippen LogP contribution >= 0.6 is 11.3 Å². The Morgan fingerprint density at radius 3 is 2.71 bits per heavy atom. The van der Waals surface area contributed by atoms with Crippen molar-refractivity contribution in [3.63, 3.8) is 0 Å². The lowest BCUT2D eigenvalue weighted by Crippen LogP contribution is -2.45. The molecule has 2 rings (SSSR count). The van der Waals surface area contributed by atoms with Gasteiger partial charge in [-0.25, -0.2) is 5.01 Å². The van der Waals surface area contributed by atoms with E-state index in [2.05, 4.69) is 5.10 Å². The van der Waals surface area contributed by atoms with Crippen molar-refractivity contribution in [2.75, 3.05) is 7.05 Å². The topological polar surface area (TPSA) is 73.1 Å². The van der Waals surface area contributed by atoms with Crippen molar-refractivity contribution in [1.82, 2.24) is 5.01 Å². The molecule has 0 radical (unpaired) electrons. The van der Waals surface area contributed by atoms with E-state index in [1.807, 2.05) is 0 Å². The molecular formula is C8H8N2O3S. The maximum atomic E-state index is 11.2. The minimum Gasteiger partial charge on any atom is -0.353 e. The molecule has 5 nitrogen and oxygen atoms in total. The van der Waals surface area contributed by atoms with Gasteiger partial charge in [0, 0.05) is 7.05 Å². The summed E-state index contributed by atoms with van der Waals surface area (Å²) in [6.45, 7) is 0. The Balaban J connectivity index is 2.47. The van der Waals surface area contributed by atoms with Crippen LogP contribution in [-0.4, -0.2) is 39.7 Å². The molecule has 6 heteroatoms. The maximum Gasteiger partial charge on any atom is 0.309 e. The van der Waals surface area contributed by atoms with Crippen LogP contribution in [0.25, 0.3) is 0 Å². The molecule has 0 bridgehead atoms. The van der Waals surface area contributed by atoms with Gasteiger partial charge < -0.3 is 10.2 Å². The van der Waals surface area contributed by atoms with E-state index in [4.69, 9.17) is 0 Å². The zero-order valence-corrected chi connectivity index (χ0v) is 8.15. The molecule has 0 saturated carbocycles. The lowest BCUT2D eigenvalue weighted by atomic mass is 10.1. The normalized spacial score (nSPS) is 20.1. The Morgan fingerprint density at radius 1 is 1.57 bits per heavy atom. The molecule has 0 aliphatic carbocycles. The highest BCUT2D eigenvalue weighted by Gasteiger charge is 2.48. The van der Waals surface area contributed by atoms with E-state index in [1.54, 1.807) is 17.5 Å². The summed E-state index contributed by atoms with van der Waals surface area (Å²) in [7, 11) is 1.38. The molecule has 0 saturated heterocycles. The number of thiophene rings is 1. The van der Waals surface area contributed by atoms with Crippen molar-refractivity contribution in [1.29, 1.82) is 0 Å². The third kappa shape index (κ3) is 1.16. The van der Waals surface area contributed by atoms with E-state index in [1.165, 1.54) is 18.4 Å². The molecule has 0 unspecified atom stereocenters. The summed E-state index contributed by atoms with van der Waals surface area (Å²) < 4.78 is 0. The number of hydrogen-bond donors (Lipinski definition) is 2. The summed E-state index contributed by atoms with van der Waals surface area (Å²) in [4.78, 5) is 11.8. The highest BCUT2D eigenvalue weighted by atomic mass is 32.1. The number of carbonyl (C=O) groups is 1. The van der Waals surface area contributed by atoms with Gasteiger partial charge >= 0.3 is 5.91 Å². The van der Waals surface area contributed by atoms with Crippen LogP contribution in [0.3, 0.4) is 0 Å². The molecule has 1 aromatic rings. The van der Waals surface area contributed by atoms with Crippen molar-refractivity contribution in [2.24, 2.45) is 5.10 Å². The molecule has 1 aromatic heterocycles. The Morgan fingerprint density at radius 2 is 2.29 bits per heavy atom. The first-order chi connectivity index (χ1) is 6.53. The van der Waals surface area contributed by atoms with Gasteiger partial charge in [-0.1, -0.05) is 6.07 Å². The standard InChI is InChI=1S/C8H8N2O3S/c1-10-7(11)8(12,13)6(9-10)5-3-2-4-14-5/h2-4,12-13H,1H3. The number of amides is 1. The first kappa shape index (κ1) is 9.32. The third-order valence-electron chi connectivity index (χ3n) is 1.93. The van der Waals surface area contributed by atoms with E-state index in [9.17, 15) is 15.0 Å². The van der Waals surface area contributed by atoms with Crippen LogP contribution in [0.2, 0.25) is 0 Å². The fourth-order valence-corrected chi connectivity index (χ4v) is 1.98. The molecule has 2 heterocycles. The van der Waals surface area contributed by atoms with Crippen LogP contribution in [0.4, 0.5) is 0 Å². The SMILES string of the molecule is CN1N=C(c2cccs2)C(O)(O)C1=O. The minimum absolute atomic E-state index is 0.0139. The molecule has 0 fully saturated rings. The number of hydrogen-bond acceptors (Lipinski definition) is 5. The molecule has 0 aromatic carbocycles. The van der Waals surface area contributed by atoms with E-state index in [0.29, 0.717) is 4.88 Å². The monoisotopic (exact) mass is 212 g/mol. The van der Waals surface area contributed by atoms with E-state index >= 15 is 0 Å². The van der Waals surface area contributed by atoms with Gasteiger partial charge in [0.05, 0.1) is 4.88 Å². The quantitative estimate of drug-likeness (QED) is 0.622. The summed E-state index contributed by atoms with van der Waals surface area (Å²) in [5.41, 5.74) is -0.0139. The average molecular weight is 212 g/mol. The summed E-state index contributed by atoms with van der Waals surface area (Å²) in [5, 5.41) is 25.5. The summed E-state index contributed by atoms with van der Waals surface area (Å²) in [6.07, 6.45) is 0. The third-order valence-corrected chi connectivity index (χ3v) is 2.80. The lowest BCUT2D eigenvalue weighted by molar-refractivity contribution is -0.166. The second-order valence-electron chi connectivity index (χ2n) is 2.93. The van der Waals surface area contributed by atoms with Crippen molar-refractivity contribution in [3.05, 3.63) is 22.4 Å². The molecule has 0 spiro atoms. The van der Waals surface area contributed by atoms with Gasteiger partial charge in [0.2, 0.25) is 0 Å². The Bertz CT molecular complexity index is 397. The molecule has 1 aliphatic rings. The van der Waals surface area contributed by atoms with Gasteiger partial charge in [0.15, 0.2) is 0 Å². The fourth-order valence-electron chi connectivity index (χ4n) is 1.23. The molecule has 2 N–H and O–H groups in total. The molecule has 1 amide bonds. The first-order valence-corrected chi connectivity index (χ1v) is 4.77. The predicted molar refractivity (Wildman–Crippen MR) is 50.8 cm³/mol. The highest BCUT2D eigenvalue weighted by molar-refractivity contribution is 7.12. The number of nitrogens with zero attached hydrogens (tertiary/aromatic N) is 2. The van der Waals surface area contributed by atoms with Gasteiger partial charge in [-0.05, 0) is 11.4 Å². The second-order valence-corrected chi connectivity index (χ2v) is 3.87. The molecule has 14 heavy (non-hydrogen) atoms. The number of hydrazone groups is 1. The van der Waals surface area contributed by atoms with Crippen LogP contribution in [0.5, 0.6) is 0 Å². The van der Waals surface area contributed by atoms with Crippen LogP contribution in [0, 0.1) is 0 Å².